The fourth-order valence-corrected chi connectivity index (χ4v) is 2.72. The van der Waals surface area contributed by atoms with Gasteiger partial charge in [-0.15, -0.1) is 11.3 Å². The standard InChI is InChI=1S/C11H12N2O4S/c1-6-12-9-8(7(5-18-9)11(16)17)10(15)13(6)3-2-4-14/h5,14H,2-4H2,1H3,(H,16,17). The summed E-state index contributed by atoms with van der Waals surface area (Å²) in [6, 6.07) is 0. The first-order chi connectivity index (χ1) is 8.56. The zero-order chi connectivity index (χ0) is 13.3. The zero-order valence-electron chi connectivity index (χ0n) is 9.71. The summed E-state index contributed by atoms with van der Waals surface area (Å²) in [4.78, 5) is 27.9. The topological polar surface area (TPSA) is 92.4 Å². The van der Waals surface area contributed by atoms with Gasteiger partial charge in [0.2, 0.25) is 0 Å². The zero-order valence-corrected chi connectivity index (χ0v) is 10.5. The molecule has 0 aromatic carbocycles. The van der Waals surface area contributed by atoms with Gasteiger partial charge in [0.25, 0.3) is 5.56 Å². The molecule has 7 heteroatoms. The summed E-state index contributed by atoms with van der Waals surface area (Å²) in [7, 11) is 0. The number of aliphatic hydroxyl groups excluding tert-OH is 1. The second-order valence-corrected chi connectivity index (χ2v) is 4.69. The van der Waals surface area contributed by atoms with Crippen LogP contribution in [0.4, 0.5) is 0 Å². The van der Waals surface area contributed by atoms with Gasteiger partial charge in [0.15, 0.2) is 0 Å². The molecule has 2 aromatic heterocycles. The number of hydrogen-bond donors (Lipinski definition) is 2. The molecule has 6 nitrogen and oxygen atoms in total. The van der Waals surface area contributed by atoms with E-state index in [-0.39, 0.29) is 23.1 Å². The Bertz CT molecular complexity index is 659. The molecular formula is C11H12N2O4S. The Morgan fingerprint density at radius 3 is 2.89 bits per heavy atom. The van der Waals surface area contributed by atoms with Gasteiger partial charge < -0.3 is 10.2 Å². The number of aromatic nitrogens is 2. The number of nitrogens with zero attached hydrogens (tertiary/aromatic N) is 2. The van der Waals surface area contributed by atoms with Gasteiger partial charge in [0.1, 0.15) is 10.7 Å². The van der Waals surface area contributed by atoms with Crippen LogP contribution in [0.2, 0.25) is 0 Å². The highest BCUT2D eigenvalue weighted by atomic mass is 32.1. The van der Waals surface area contributed by atoms with E-state index in [1.807, 2.05) is 0 Å². The summed E-state index contributed by atoms with van der Waals surface area (Å²) in [5, 5.41) is 19.4. The normalized spacial score (nSPS) is 11.0. The molecule has 0 radical (unpaired) electrons. The lowest BCUT2D eigenvalue weighted by Crippen LogP contribution is -2.25. The van der Waals surface area contributed by atoms with Crippen LogP contribution in [-0.2, 0) is 6.54 Å². The third-order valence-corrected chi connectivity index (χ3v) is 3.53. The first-order valence-electron chi connectivity index (χ1n) is 5.39. The number of rotatable bonds is 4. The van der Waals surface area contributed by atoms with E-state index in [0.717, 1.165) is 11.3 Å². The number of fused-ring (bicyclic) bond motifs is 1. The summed E-state index contributed by atoms with van der Waals surface area (Å²) in [5.41, 5.74) is -0.366. The van der Waals surface area contributed by atoms with E-state index in [1.54, 1.807) is 6.92 Å². The number of aryl methyl sites for hydroxylation is 1. The summed E-state index contributed by atoms with van der Waals surface area (Å²) in [6.45, 7) is 2.00. The lowest BCUT2D eigenvalue weighted by atomic mass is 10.2. The highest BCUT2D eigenvalue weighted by Crippen LogP contribution is 2.21. The Kier molecular flexibility index (Phi) is 3.44. The van der Waals surface area contributed by atoms with Crippen LogP contribution in [0.15, 0.2) is 10.2 Å². The molecule has 0 aliphatic carbocycles. The quantitative estimate of drug-likeness (QED) is 0.857. The maximum Gasteiger partial charge on any atom is 0.337 e. The fourth-order valence-electron chi connectivity index (χ4n) is 1.78. The van der Waals surface area contributed by atoms with Crippen LogP contribution >= 0.6 is 11.3 Å². The summed E-state index contributed by atoms with van der Waals surface area (Å²) >= 11 is 1.15. The van der Waals surface area contributed by atoms with Crippen LogP contribution in [0.3, 0.4) is 0 Å². The highest BCUT2D eigenvalue weighted by molar-refractivity contribution is 7.17. The lowest BCUT2D eigenvalue weighted by molar-refractivity contribution is 0.0699. The molecule has 0 spiro atoms. The van der Waals surface area contributed by atoms with Gasteiger partial charge in [-0.1, -0.05) is 0 Å². The van der Waals surface area contributed by atoms with Gasteiger partial charge in [-0.25, -0.2) is 9.78 Å². The van der Waals surface area contributed by atoms with Gasteiger partial charge in [-0.3, -0.25) is 9.36 Å². The van der Waals surface area contributed by atoms with E-state index in [0.29, 0.717) is 23.6 Å². The monoisotopic (exact) mass is 268 g/mol. The number of hydrogen-bond acceptors (Lipinski definition) is 5. The molecule has 0 atom stereocenters. The maximum atomic E-state index is 12.2. The van der Waals surface area contributed by atoms with E-state index < -0.39 is 5.97 Å². The van der Waals surface area contributed by atoms with E-state index in [1.165, 1.54) is 9.95 Å². The molecule has 2 heterocycles. The molecule has 0 aliphatic rings. The van der Waals surface area contributed by atoms with E-state index in [9.17, 15) is 9.59 Å². The molecule has 2 rings (SSSR count). The first kappa shape index (κ1) is 12.7. The Balaban J connectivity index is 2.69. The molecule has 96 valence electrons. The maximum absolute atomic E-state index is 12.2. The number of carboxylic acid groups (broad SMARTS) is 1. The molecule has 0 aliphatic heterocycles. The van der Waals surface area contributed by atoms with Crippen LogP contribution in [0.5, 0.6) is 0 Å². The number of carbonyl (C=O) groups is 1. The van der Waals surface area contributed by atoms with Crippen LogP contribution in [0.1, 0.15) is 22.6 Å². The van der Waals surface area contributed by atoms with E-state index >= 15 is 0 Å². The summed E-state index contributed by atoms with van der Waals surface area (Å²) in [6.07, 6.45) is 0.431. The van der Waals surface area contributed by atoms with Crippen molar-refractivity contribution in [2.75, 3.05) is 6.61 Å². The third-order valence-electron chi connectivity index (χ3n) is 2.65. The largest absolute Gasteiger partial charge is 0.478 e. The van der Waals surface area contributed by atoms with Crippen molar-refractivity contribution >= 4 is 27.5 Å². The fraction of sp³-hybridized carbons (Fsp3) is 0.364. The molecule has 0 bridgehead atoms. The number of carboxylic acids is 1. The Labute approximate surface area is 106 Å². The predicted molar refractivity (Wildman–Crippen MR) is 67.3 cm³/mol. The van der Waals surface area contributed by atoms with Crippen molar-refractivity contribution in [2.45, 2.75) is 19.9 Å². The third kappa shape index (κ3) is 2.02. The van der Waals surface area contributed by atoms with Gasteiger partial charge in [0, 0.05) is 18.5 Å². The van der Waals surface area contributed by atoms with Crippen LogP contribution in [-0.4, -0.2) is 32.3 Å². The first-order valence-corrected chi connectivity index (χ1v) is 6.27. The van der Waals surface area contributed by atoms with Gasteiger partial charge in [-0.05, 0) is 13.3 Å². The number of aliphatic hydroxyl groups is 1. The van der Waals surface area contributed by atoms with Crippen molar-refractivity contribution in [3.05, 3.63) is 27.1 Å². The molecule has 18 heavy (non-hydrogen) atoms. The molecule has 0 fully saturated rings. The molecule has 0 unspecified atom stereocenters. The van der Waals surface area contributed by atoms with Crippen molar-refractivity contribution in [3.63, 3.8) is 0 Å². The second kappa shape index (κ2) is 4.87. The molecular weight excluding hydrogens is 256 g/mol. The van der Waals surface area contributed by atoms with Gasteiger partial charge >= 0.3 is 5.97 Å². The van der Waals surface area contributed by atoms with Gasteiger partial charge in [0.05, 0.1) is 10.9 Å². The van der Waals surface area contributed by atoms with E-state index in [2.05, 4.69) is 4.98 Å². The Morgan fingerprint density at radius 1 is 1.56 bits per heavy atom. The van der Waals surface area contributed by atoms with Crippen LogP contribution in [0.25, 0.3) is 10.2 Å². The average molecular weight is 268 g/mol. The lowest BCUT2D eigenvalue weighted by Gasteiger charge is -2.08. The number of aromatic carboxylic acids is 1. The minimum atomic E-state index is -1.13. The summed E-state index contributed by atoms with van der Waals surface area (Å²) < 4.78 is 1.40. The SMILES string of the molecule is Cc1nc2scc(C(=O)O)c2c(=O)n1CCCO. The van der Waals surface area contributed by atoms with Crippen LogP contribution < -0.4 is 5.56 Å². The molecule has 0 saturated heterocycles. The molecule has 0 saturated carbocycles. The smallest absolute Gasteiger partial charge is 0.337 e. The predicted octanol–water partition coefficient (Wildman–Crippen LogP) is 0.847. The number of thiophene rings is 1. The van der Waals surface area contributed by atoms with Crippen molar-refractivity contribution < 1.29 is 15.0 Å². The molecule has 0 amide bonds. The molecule has 2 aromatic rings. The minimum Gasteiger partial charge on any atom is -0.478 e. The average Bonchev–Trinajstić information content (AvgIpc) is 2.72. The van der Waals surface area contributed by atoms with Crippen molar-refractivity contribution in [2.24, 2.45) is 0 Å². The van der Waals surface area contributed by atoms with Crippen LogP contribution in [0, 0.1) is 6.92 Å². The van der Waals surface area contributed by atoms with Gasteiger partial charge in [-0.2, -0.15) is 0 Å². The van der Waals surface area contributed by atoms with Crippen molar-refractivity contribution in [3.8, 4) is 0 Å². The van der Waals surface area contributed by atoms with Crippen molar-refractivity contribution in [1.29, 1.82) is 0 Å². The highest BCUT2D eigenvalue weighted by Gasteiger charge is 2.17. The Morgan fingerprint density at radius 2 is 2.28 bits per heavy atom. The molecule has 2 N–H and O–H groups in total. The summed E-state index contributed by atoms with van der Waals surface area (Å²) in [5.74, 6) is -0.600. The minimum absolute atomic E-state index is 0.00903. The Hall–Kier alpha value is -1.73. The van der Waals surface area contributed by atoms with Crippen molar-refractivity contribution in [1.82, 2.24) is 9.55 Å². The second-order valence-electron chi connectivity index (χ2n) is 3.83. The van der Waals surface area contributed by atoms with E-state index in [4.69, 9.17) is 10.2 Å².